The van der Waals surface area contributed by atoms with Crippen molar-refractivity contribution < 1.29 is 8.76 Å². The molecule has 0 saturated heterocycles. The van der Waals surface area contributed by atoms with E-state index in [1.54, 1.807) is 12.1 Å². The predicted molar refractivity (Wildman–Crippen MR) is 74.8 cm³/mol. The monoisotopic (exact) mass is 455 g/mol. The van der Waals surface area contributed by atoms with Crippen LogP contribution in [0.4, 0.5) is 0 Å². The van der Waals surface area contributed by atoms with E-state index in [2.05, 4.69) is 0 Å². The molecule has 0 aromatic heterocycles. The van der Waals surface area contributed by atoms with Crippen LogP contribution in [-0.4, -0.2) is 9.52 Å². The summed E-state index contributed by atoms with van der Waals surface area (Å²) in [4.78, 5) is 0. The molecule has 0 aliphatic carbocycles. The van der Waals surface area contributed by atoms with E-state index in [0.29, 0.717) is 11.4 Å². The van der Waals surface area contributed by atoms with E-state index < -0.39 is 11.8 Å². The highest BCUT2D eigenvalue weighted by molar-refractivity contribution is 14.2. The minimum atomic E-state index is -2.09. The Balaban J connectivity index is 2.79. The largest absolute Gasteiger partial charge is 0.771 e. The smallest absolute Gasteiger partial charge is 0.138 e. The number of hydrogen-bond donors (Lipinski definition) is 0. The first-order valence-electron chi connectivity index (χ1n) is 3.63. The maximum Gasteiger partial charge on any atom is 0.138 e. The third kappa shape index (κ3) is 3.92. The van der Waals surface area contributed by atoms with Crippen molar-refractivity contribution in [1.29, 1.82) is 0 Å². The third-order valence-corrected chi connectivity index (χ3v) is 5.37. The summed E-state index contributed by atoms with van der Waals surface area (Å²) in [6.07, 6.45) is 0.474. The average Bonchev–Trinajstić information content (AvgIpc) is 2.08. The van der Waals surface area contributed by atoms with Gasteiger partial charge < -0.3 is 4.55 Å². The Hall–Kier alpha value is 1.08. The van der Waals surface area contributed by atoms with Crippen LogP contribution in [0.25, 0.3) is 0 Å². The molecule has 0 spiro atoms. The van der Waals surface area contributed by atoms with Crippen molar-refractivity contribution in [2.75, 3.05) is 0 Å². The molecular formula is C8H6ClI2O2S-. The van der Waals surface area contributed by atoms with Crippen molar-refractivity contribution in [3.8, 4) is 0 Å². The van der Waals surface area contributed by atoms with E-state index in [4.69, 9.17) is 11.6 Å². The van der Waals surface area contributed by atoms with Crippen LogP contribution in [0.5, 0.6) is 0 Å². The Morgan fingerprint density at radius 2 is 1.86 bits per heavy atom. The summed E-state index contributed by atoms with van der Waals surface area (Å²) >= 11 is 7.47. The molecule has 0 saturated carbocycles. The molecule has 0 radical (unpaired) electrons. The zero-order valence-corrected chi connectivity index (χ0v) is 12.8. The topological polar surface area (TPSA) is 40.1 Å². The van der Waals surface area contributed by atoms with Gasteiger partial charge in [-0.15, -0.1) is 0 Å². The molecule has 0 heterocycles. The minimum absolute atomic E-state index is 0.474. The SMILES string of the molecule is O=S([O-])C(I)(I)Cc1ccc(Cl)cc1. The maximum atomic E-state index is 10.9. The summed E-state index contributed by atoms with van der Waals surface area (Å²) < 4.78 is 20.9. The van der Waals surface area contributed by atoms with Gasteiger partial charge in [-0.1, -0.05) is 68.9 Å². The number of alkyl halides is 2. The number of halogens is 3. The van der Waals surface area contributed by atoms with E-state index in [9.17, 15) is 8.76 Å². The molecule has 0 aliphatic heterocycles. The van der Waals surface area contributed by atoms with Crippen LogP contribution in [0.2, 0.25) is 5.02 Å². The van der Waals surface area contributed by atoms with E-state index in [1.165, 1.54) is 0 Å². The van der Waals surface area contributed by atoms with E-state index in [0.717, 1.165) is 5.56 Å². The van der Waals surface area contributed by atoms with Gasteiger partial charge in [0.15, 0.2) is 0 Å². The average molecular weight is 455 g/mol. The third-order valence-electron chi connectivity index (χ3n) is 1.57. The van der Waals surface area contributed by atoms with Crippen molar-refractivity contribution in [1.82, 2.24) is 0 Å². The fourth-order valence-corrected chi connectivity index (χ4v) is 2.19. The first kappa shape index (κ1) is 13.1. The van der Waals surface area contributed by atoms with E-state index in [-0.39, 0.29) is 0 Å². The van der Waals surface area contributed by atoms with Gasteiger partial charge in [-0.3, -0.25) is 4.21 Å². The van der Waals surface area contributed by atoms with Crippen molar-refractivity contribution in [3.05, 3.63) is 34.9 Å². The van der Waals surface area contributed by atoms with Gasteiger partial charge in [0.1, 0.15) is 0.760 Å². The molecule has 2 nitrogen and oxygen atoms in total. The van der Waals surface area contributed by atoms with Gasteiger partial charge in [0.2, 0.25) is 0 Å². The highest BCUT2D eigenvalue weighted by atomic mass is 127. The van der Waals surface area contributed by atoms with Crippen LogP contribution in [0, 0.1) is 0 Å². The summed E-state index contributed by atoms with van der Waals surface area (Å²) in [5, 5.41) is 0.657. The lowest BCUT2D eigenvalue weighted by Crippen LogP contribution is -2.21. The lowest BCUT2D eigenvalue weighted by atomic mass is 10.2. The summed E-state index contributed by atoms with van der Waals surface area (Å²) in [7, 11) is 0. The van der Waals surface area contributed by atoms with Crippen molar-refractivity contribution in [2.24, 2.45) is 0 Å². The fraction of sp³-hybridized carbons (Fsp3) is 0.250. The van der Waals surface area contributed by atoms with Crippen LogP contribution >= 0.6 is 56.8 Å². The standard InChI is InChI=1S/C8H7ClI2O2S/c9-7-3-1-6(2-4-7)5-8(10,11)14(12)13/h1-4H,5H2,(H,12,13)/p-1. The number of rotatable bonds is 3. The molecule has 6 heteroatoms. The second-order valence-corrected chi connectivity index (χ2v) is 11.5. The molecule has 1 atom stereocenters. The molecule has 0 N–H and O–H groups in total. The molecule has 1 aromatic carbocycles. The molecule has 14 heavy (non-hydrogen) atoms. The summed E-state index contributed by atoms with van der Waals surface area (Å²) in [5.74, 6) is 0. The summed E-state index contributed by atoms with van der Waals surface area (Å²) in [6.45, 7) is 0. The Morgan fingerprint density at radius 1 is 1.36 bits per heavy atom. The zero-order valence-electron chi connectivity index (χ0n) is 6.88. The van der Waals surface area contributed by atoms with Gasteiger partial charge in [-0.25, -0.2) is 0 Å². The van der Waals surface area contributed by atoms with E-state index >= 15 is 0 Å². The first-order chi connectivity index (χ1) is 6.42. The summed E-state index contributed by atoms with van der Waals surface area (Å²) in [6, 6.07) is 7.18. The maximum absolute atomic E-state index is 10.9. The van der Waals surface area contributed by atoms with Gasteiger partial charge in [0.25, 0.3) is 0 Å². The highest BCUT2D eigenvalue weighted by Crippen LogP contribution is 2.34. The van der Waals surface area contributed by atoms with Crippen LogP contribution < -0.4 is 0 Å². The molecule has 0 fully saturated rings. The van der Waals surface area contributed by atoms with Gasteiger partial charge in [0, 0.05) is 11.4 Å². The predicted octanol–water partition coefficient (Wildman–Crippen LogP) is 3.29. The number of benzene rings is 1. The quantitative estimate of drug-likeness (QED) is 0.399. The van der Waals surface area contributed by atoms with E-state index in [1.807, 2.05) is 57.3 Å². The van der Waals surface area contributed by atoms with Gasteiger partial charge in [0.05, 0.1) is 0 Å². The zero-order chi connectivity index (χ0) is 10.8. The van der Waals surface area contributed by atoms with Crippen LogP contribution in [0.1, 0.15) is 5.56 Å². The van der Waals surface area contributed by atoms with Crippen molar-refractivity contribution >= 4 is 67.9 Å². The van der Waals surface area contributed by atoms with Crippen molar-refractivity contribution in [3.63, 3.8) is 0 Å². The lowest BCUT2D eigenvalue weighted by molar-refractivity contribution is 0.533. The minimum Gasteiger partial charge on any atom is -0.771 e. The van der Waals surface area contributed by atoms with Gasteiger partial charge >= 0.3 is 0 Å². The fourth-order valence-electron chi connectivity index (χ4n) is 0.899. The lowest BCUT2D eigenvalue weighted by Gasteiger charge is -2.23. The Kier molecular flexibility index (Phi) is 5.09. The molecule has 0 aliphatic rings. The Bertz CT molecular complexity index is 340. The first-order valence-corrected chi connectivity index (χ1v) is 7.24. The van der Waals surface area contributed by atoms with Crippen LogP contribution in [-0.2, 0) is 17.5 Å². The molecule has 0 amide bonds. The van der Waals surface area contributed by atoms with Crippen molar-refractivity contribution in [2.45, 2.75) is 7.18 Å². The normalized spacial score (nSPS) is 14.0. The second-order valence-electron chi connectivity index (χ2n) is 2.68. The molecular weight excluding hydrogens is 449 g/mol. The molecule has 0 bridgehead atoms. The van der Waals surface area contributed by atoms with Gasteiger partial charge in [-0.05, 0) is 28.8 Å². The van der Waals surface area contributed by atoms with Crippen LogP contribution in [0.3, 0.4) is 0 Å². The Labute approximate surface area is 117 Å². The van der Waals surface area contributed by atoms with Crippen LogP contribution in [0.15, 0.2) is 24.3 Å². The second kappa shape index (κ2) is 5.42. The molecule has 1 unspecified atom stereocenters. The number of hydrogen-bond acceptors (Lipinski definition) is 2. The molecule has 1 aromatic rings. The summed E-state index contributed by atoms with van der Waals surface area (Å²) in [5.41, 5.74) is 0.961. The van der Waals surface area contributed by atoms with Gasteiger partial charge in [-0.2, -0.15) is 0 Å². The molecule has 78 valence electrons. The Morgan fingerprint density at radius 3 is 2.29 bits per heavy atom. The molecule has 1 rings (SSSR count). The highest BCUT2D eigenvalue weighted by Gasteiger charge is 2.23.